The molecule has 1 amide bonds. The fourth-order valence-corrected chi connectivity index (χ4v) is 1.84. The predicted molar refractivity (Wildman–Crippen MR) is 73.1 cm³/mol. The predicted octanol–water partition coefficient (Wildman–Crippen LogP) is 3.15. The highest BCUT2D eigenvalue weighted by Crippen LogP contribution is 2.20. The minimum atomic E-state index is -0.217. The van der Waals surface area contributed by atoms with E-state index in [-0.39, 0.29) is 11.3 Å². The molecule has 19 heavy (non-hydrogen) atoms. The Morgan fingerprint density at radius 1 is 1.42 bits per heavy atom. The van der Waals surface area contributed by atoms with Gasteiger partial charge in [0.05, 0.1) is 5.56 Å². The maximum Gasteiger partial charge on any atom is 0.260 e. The zero-order valence-electron chi connectivity index (χ0n) is 11.7. The molecule has 5 heteroatoms. The molecule has 0 saturated heterocycles. The van der Waals surface area contributed by atoms with Crippen molar-refractivity contribution in [1.82, 2.24) is 10.2 Å². The van der Waals surface area contributed by atoms with Crippen LogP contribution in [0.5, 0.6) is 0 Å². The molecule has 0 aliphatic rings. The van der Waals surface area contributed by atoms with Crippen LogP contribution in [0, 0.1) is 12.3 Å². The molecule has 2 aromatic rings. The van der Waals surface area contributed by atoms with Crippen LogP contribution in [0.4, 0.5) is 5.82 Å². The Labute approximate surface area is 112 Å². The van der Waals surface area contributed by atoms with Crippen molar-refractivity contribution in [1.29, 1.82) is 0 Å². The van der Waals surface area contributed by atoms with Crippen LogP contribution in [0.15, 0.2) is 22.8 Å². The van der Waals surface area contributed by atoms with E-state index < -0.39 is 0 Å². The number of aromatic amines is 1. The normalized spacial score (nSPS) is 11.6. The topological polar surface area (TPSA) is 70.9 Å². The number of carbonyl (C=O) groups excluding carboxylic acids is 1. The van der Waals surface area contributed by atoms with E-state index in [0.29, 0.717) is 17.1 Å². The van der Waals surface area contributed by atoms with Gasteiger partial charge in [0.2, 0.25) is 0 Å². The third kappa shape index (κ3) is 3.71. The van der Waals surface area contributed by atoms with Crippen molar-refractivity contribution in [3.05, 3.63) is 35.4 Å². The third-order valence-corrected chi connectivity index (χ3v) is 2.59. The number of rotatable bonds is 3. The van der Waals surface area contributed by atoms with Crippen LogP contribution in [-0.4, -0.2) is 16.1 Å². The molecule has 102 valence electrons. The number of nitrogens with zero attached hydrogens (tertiary/aromatic N) is 1. The SMILES string of the molecule is Cc1cc(C(=O)Nc2cc(CC(C)(C)C)[nH]n2)co1. The number of nitrogens with one attached hydrogen (secondary N) is 2. The van der Waals surface area contributed by atoms with Gasteiger partial charge >= 0.3 is 0 Å². The van der Waals surface area contributed by atoms with Crippen LogP contribution in [0.25, 0.3) is 0 Å². The summed E-state index contributed by atoms with van der Waals surface area (Å²) in [4.78, 5) is 11.9. The quantitative estimate of drug-likeness (QED) is 0.891. The Hall–Kier alpha value is -2.04. The van der Waals surface area contributed by atoms with Gasteiger partial charge in [0.25, 0.3) is 5.91 Å². The second-order valence-electron chi connectivity index (χ2n) is 5.92. The molecule has 2 aromatic heterocycles. The van der Waals surface area contributed by atoms with Gasteiger partial charge in [-0.1, -0.05) is 20.8 Å². The summed E-state index contributed by atoms with van der Waals surface area (Å²) >= 11 is 0. The summed E-state index contributed by atoms with van der Waals surface area (Å²) in [5.41, 5.74) is 1.68. The van der Waals surface area contributed by atoms with Crippen LogP contribution < -0.4 is 5.32 Å². The van der Waals surface area contributed by atoms with Crippen molar-refractivity contribution in [3.8, 4) is 0 Å². The number of aromatic nitrogens is 2. The lowest BCUT2D eigenvalue weighted by Crippen LogP contribution is -2.11. The van der Waals surface area contributed by atoms with E-state index in [4.69, 9.17) is 4.42 Å². The Kier molecular flexibility index (Phi) is 3.46. The second kappa shape index (κ2) is 4.91. The van der Waals surface area contributed by atoms with E-state index in [1.54, 1.807) is 13.0 Å². The van der Waals surface area contributed by atoms with E-state index in [1.165, 1.54) is 6.26 Å². The number of furan rings is 1. The minimum Gasteiger partial charge on any atom is -0.469 e. The zero-order valence-corrected chi connectivity index (χ0v) is 11.7. The molecule has 5 nitrogen and oxygen atoms in total. The van der Waals surface area contributed by atoms with Gasteiger partial charge < -0.3 is 9.73 Å². The molecule has 0 aliphatic heterocycles. The molecule has 0 atom stereocenters. The molecule has 2 heterocycles. The number of amides is 1. The molecule has 0 saturated carbocycles. The van der Waals surface area contributed by atoms with E-state index in [1.807, 2.05) is 6.07 Å². The molecule has 0 aliphatic carbocycles. The second-order valence-corrected chi connectivity index (χ2v) is 5.92. The maximum atomic E-state index is 11.9. The Morgan fingerprint density at radius 2 is 2.16 bits per heavy atom. The first-order valence-electron chi connectivity index (χ1n) is 6.24. The Morgan fingerprint density at radius 3 is 2.74 bits per heavy atom. The maximum absolute atomic E-state index is 11.9. The number of anilines is 1. The van der Waals surface area contributed by atoms with Crippen molar-refractivity contribution < 1.29 is 9.21 Å². The summed E-state index contributed by atoms with van der Waals surface area (Å²) in [7, 11) is 0. The first-order chi connectivity index (χ1) is 8.83. The van der Waals surface area contributed by atoms with Gasteiger partial charge in [0, 0.05) is 11.8 Å². The van der Waals surface area contributed by atoms with E-state index >= 15 is 0 Å². The van der Waals surface area contributed by atoms with Crippen molar-refractivity contribution >= 4 is 11.7 Å². The highest BCUT2D eigenvalue weighted by molar-refractivity contribution is 6.03. The molecule has 0 spiro atoms. The van der Waals surface area contributed by atoms with Crippen molar-refractivity contribution in [3.63, 3.8) is 0 Å². The van der Waals surface area contributed by atoms with E-state index in [9.17, 15) is 4.79 Å². The van der Waals surface area contributed by atoms with Crippen molar-refractivity contribution in [2.75, 3.05) is 5.32 Å². The number of hydrogen-bond acceptors (Lipinski definition) is 3. The van der Waals surface area contributed by atoms with Gasteiger partial charge in [-0.25, -0.2) is 0 Å². The van der Waals surface area contributed by atoms with Gasteiger partial charge in [-0.2, -0.15) is 5.10 Å². The van der Waals surface area contributed by atoms with Gasteiger partial charge in [0.1, 0.15) is 12.0 Å². The van der Waals surface area contributed by atoms with Crippen LogP contribution in [0.2, 0.25) is 0 Å². The fourth-order valence-electron chi connectivity index (χ4n) is 1.84. The van der Waals surface area contributed by atoms with Crippen molar-refractivity contribution in [2.45, 2.75) is 34.1 Å². The summed E-state index contributed by atoms with van der Waals surface area (Å²) in [6, 6.07) is 3.55. The number of carbonyl (C=O) groups is 1. The van der Waals surface area contributed by atoms with Crippen LogP contribution in [-0.2, 0) is 6.42 Å². The first kappa shape index (κ1) is 13.4. The average Bonchev–Trinajstić information content (AvgIpc) is 2.85. The lowest BCUT2D eigenvalue weighted by atomic mass is 9.91. The summed E-state index contributed by atoms with van der Waals surface area (Å²) in [6.07, 6.45) is 2.31. The van der Waals surface area contributed by atoms with Gasteiger partial charge in [-0.3, -0.25) is 9.89 Å². The van der Waals surface area contributed by atoms with Gasteiger partial charge in [-0.05, 0) is 24.8 Å². The average molecular weight is 261 g/mol. The Bertz CT molecular complexity index is 576. The molecule has 0 bridgehead atoms. The van der Waals surface area contributed by atoms with Crippen molar-refractivity contribution in [2.24, 2.45) is 5.41 Å². The molecular formula is C14H19N3O2. The summed E-state index contributed by atoms with van der Waals surface area (Å²) in [5, 5.41) is 9.76. The molecule has 0 aromatic carbocycles. The summed E-state index contributed by atoms with van der Waals surface area (Å²) in [5.74, 6) is 1.02. The lowest BCUT2D eigenvalue weighted by molar-refractivity contribution is 0.102. The van der Waals surface area contributed by atoms with Gasteiger partial charge in [-0.15, -0.1) is 0 Å². The molecule has 2 rings (SSSR count). The largest absolute Gasteiger partial charge is 0.469 e. The van der Waals surface area contributed by atoms with Crippen LogP contribution >= 0.6 is 0 Å². The fraction of sp³-hybridized carbons (Fsp3) is 0.429. The lowest BCUT2D eigenvalue weighted by Gasteiger charge is -2.15. The van der Waals surface area contributed by atoms with E-state index in [2.05, 4.69) is 36.3 Å². The minimum absolute atomic E-state index is 0.176. The molecule has 2 N–H and O–H groups in total. The third-order valence-electron chi connectivity index (χ3n) is 2.59. The standard InChI is InChI=1S/C14H19N3O2/c1-9-5-10(8-19-9)13(18)15-12-6-11(16-17-12)7-14(2,3)4/h5-6,8H,7H2,1-4H3,(H2,15,16,17,18). The monoisotopic (exact) mass is 261 g/mol. The summed E-state index contributed by atoms with van der Waals surface area (Å²) in [6.45, 7) is 8.26. The Balaban J connectivity index is 2.02. The van der Waals surface area contributed by atoms with E-state index in [0.717, 1.165) is 12.1 Å². The van der Waals surface area contributed by atoms with Gasteiger partial charge in [0.15, 0.2) is 5.82 Å². The molecular weight excluding hydrogens is 242 g/mol. The molecule has 0 fully saturated rings. The highest BCUT2D eigenvalue weighted by Gasteiger charge is 2.15. The smallest absolute Gasteiger partial charge is 0.260 e. The number of H-pyrrole nitrogens is 1. The number of hydrogen-bond donors (Lipinski definition) is 2. The van der Waals surface area contributed by atoms with Crippen LogP contribution in [0.1, 0.15) is 42.6 Å². The zero-order chi connectivity index (χ0) is 14.0. The first-order valence-corrected chi connectivity index (χ1v) is 6.24. The molecule has 0 unspecified atom stereocenters. The number of aryl methyl sites for hydroxylation is 1. The van der Waals surface area contributed by atoms with Crippen LogP contribution in [0.3, 0.4) is 0 Å². The molecule has 0 radical (unpaired) electrons. The highest BCUT2D eigenvalue weighted by atomic mass is 16.3. The summed E-state index contributed by atoms with van der Waals surface area (Å²) < 4.78 is 5.11.